The zero-order valence-electron chi connectivity index (χ0n) is 12.3. The molecule has 1 aliphatic rings. The number of rotatable bonds is 5. The van der Waals surface area contributed by atoms with E-state index in [1.807, 2.05) is 6.07 Å². The van der Waals surface area contributed by atoms with Gasteiger partial charge in [0, 0.05) is 37.7 Å². The molecule has 112 valence electrons. The molecule has 1 saturated heterocycles. The fraction of sp³-hybridized carbons (Fsp3) is 0.600. The van der Waals surface area contributed by atoms with Crippen LogP contribution >= 0.6 is 11.6 Å². The number of nitrogens with zero attached hydrogens (tertiary/aromatic N) is 2. The molecular weight excluding hydrogens is 274 g/mol. The van der Waals surface area contributed by atoms with Crippen molar-refractivity contribution in [3.8, 4) is 5.75 Å². The number of benzene rings is 1. The van der Waals surface area contributed by atoms with Crippen molar-refractivity contribution in [2.75, 3.05) is 45.5 Å². The first kappa shape index (κ1) is 15.4. The standard InChI is InChI=1S/C15H24ClN3O/c1-12(5-6-19-9-7-18(2)8-10-19)20-15-4-3-13(16)11-14(15)17/h3-4,11-12H,5-10,17H2,1-2H3. The number of nitrogens with two attached hydrogens (primary N) is 1. The van der Waals surface area contributed by atoms with Crippen LogP contribution < -0.4 is 10.5 Å². The Morgan fingerprint density at radius 1 is 1.30 bits per heavy atom. The fourth-order valence-corrected chi connectivity index (χ4v) is 2.52. The van der Waals surface area contributed by atoms with Crippen LogP contribution in [0, 0.1) is 0 Å². The van der Waals surface area contributed by atoms with Gasteiger partial charge in [0.15, 0.2) is 0 Å². The molecule has 5 heteroatoms. The third kappa shape index (κ3) is 4.54. The fourth-order valence-electron chi connectivity index (χ4n) is 2.34. The lowest BCUT2D eigenvalue weighted by molar-refractivity contribution is 0.129. The number of nitrogen functional groups attached to an aromatic ring is 1. The molecule has 2 rings (SSSR count). The number of ether oxygens (including phenoxy) is 1. The van der Waals surface area contributed by atoms with E-state index in [0.29, 0.717) is 10.7 Å². The number of likely N-dealkylation sites (N-methyl/N-ethyl adjacent to an activating group) is 1. The molecule has 20 heavy (non-hydrogen) atoms. The molecule has 0 radical (unpaired) electrons. The van der Waals surface area contributed by atoms with Crippen LogP contribution in [0.2, 0.25) is 5.02 Å². The van der Waals surface area contributed by atoms with Gasteiger partial charge in [-0.1, -0.05) is 11.6 Å². The van der Waals surface area contributed by atoms with Crippen LogP contribution in [0.15, 0.2) is 18.2 Å². The summed E-state index contributed by atoms with van der Waals surface area (Å²) in [6.45, 7) is 7.75. The summed E-state index contributed by atoms with van der Waals surface area (Å²) in [4.78, 5) is 4.86. The van der Waals surface area contributed by atoms with Crippen molar-refractivity contribution in [1.29, 1.82) is 0 Å². The Bertz CT molecular complexity index is 433. The number of halogens is 1. The summed E-state index contributed by atoms with van der Waals surface area (Å²) < 4.78 is 5.89. The van der Waals surface area contributed by atoms with E-state index in [1.165, 1.54) is 0 Å². The highest BCUT2D eigenvalue weighted by molar-refractivity contribution is 6.30. The minimum absolute atomic E-state index is 0.151. The molecule has 2 N–H and O–H groups in total. The van der Waals surface area contributed by atoms with E-state index in [4.69, 9.17) is 22.1 Å². The average molecular weight is 298 g/mol. The molecule has 1 aromatic carbocycles. The quantitative estimate of drug-likeness (QED) is 0.847. The lowest BCUT2D eigenvalue weighted by atomic mass is 10.2. The van der Waals surface area contributed by atoms with Gasteiger partial charge in [0.25, 0.3) is 0 Å². The Kier molecular flexibility index (Phi) is 5.52. The predicted molar refractivity (Wildman–Crippen MR) is 84.5 cm³/mol. The summed E-state index contributed by atoms with van der Waals surface area (Å²) in [5, 5.41) is 0.639. The molecular formula is C15H24ClN3O. The highest BCUT2D eigenvalue weighted by Crippen LogP contribution is 2.26. The number of piperazine rings is 1. The minimum atomic E-state index is 0.151. The van der Waals surface area contributed by atoms with Crippen molar-refractivity contribution < 1.29 is 4.74 Å². The van der Waals surface area contributed by atoms with E-state index >= 15 is 0 Å². The predicted octanol–water partition coefficient (Wildman–Crippen LogP) is 2.33. The molecule has 0 amide bonds. The second kappa shape index (κ2) is 7.16. The van der Waals surface area contributed by atoms with Gasteiger partial charge < -0.3 is 20.3 Å². The summed E-state index contributed by atoms with van der Waals surface area (Å²) in [5.74, 6) is 0.722. The topological polar surface area (TPSA) is 41.7 Å². The van der Waals surface area contributed by atoms with Gasteiger partial charge >= 0.3 is 0 Å². The molecule has 0 saturated carbocycles. The first-order chi connectivity index (χ1) is 9.54. The summed E-state index contributed by atoms with van der Waals surface area (Å²) >= 11 is 5.88. The van der Waals surface area contributed by atoms with E-state index in [1.54, 1.807) is 12.1 Å². The lowest BCUT2D eigenvalue weighted by Crippen LogP contribution is -2.45. The summed E-state index contributed by atoms with van der Waals surface area (Å²) in [6, 6.07) is 5.37. The molecule has 1 fully saturated rings. The molecule has 1 aliphatic heterocycles. The van der Waals surface area contributed by atoms with Gasteiger partial charge in [-0.3, -0.25) is 0 Å². The summed E-state index contributed by atoms with van der Waals surface area (Å²) in [5.41, 5.74) is 6.50. The van der Waals surface area contributed by atoms with Gasteiger partial charge in [0.05, 0.1) is 11.8 Å². The van der Waals surface area contributed by atoms with Gasteiger partial charge in [-0.25, -0.2) is 0 Å². The molecule has 0 spiro atoms. The van der Waals surface area contributed by atoms with Crippen molar-refractivity contribution in [1.82, 2.24) is 9.80 Å². The Balaban J connectivity index is 1.76. The normalized spacial score (nSPS) is 18.9. The maximum absolute atomic E-state index is 5.90. The van der Waals surface area contributed by atoms with E-state index < -0.39 is 0 Å². The highest BCUT2D eigenvalue weighted by atomic mass is 35.5. The maximum Gasteiger partial charge on any atom is 0.142 e. The first-order valence-corrected chi connectivity index (χ1v) is 7.55. The van der Waals surface area contributed by atoms with E-state index in [2.05, 4.69) is 23.8 Å². The lowest BCUT2D eigenvalue weighted by Gasteiger charge is -2.32. The van der Waals surface area contributed by atoms with Crippen LogP contribution in [0.5, 0.6) is 5.75 Å². The number of anilines is 1. The first-order valence-electron chi connectivity index (χ1n) is 7.17. The van der Waals surface area contributed by atoms with Crippen molar-refractivity contribution in [2.45, 2.75) is 19.4 Å². The molecule has 0 aliphatic carbocycles. The van der Waals surface area contributed by atoms with Crippen LogP contribution in [0.25, 0.3) is 0 Å². The highest BCUT2D eigenvalue weighted by Gasteiger charge is 2.15. The second-order valence-electron chi connectivity index (χ2n) is 5.54. The molecule has 4 nitrogen and oxygen atoms in total. The van der Waals surface area contributed by atoms with E-state index in [9.17, 15) is 0 Å². The monoisotopic (exact) mass is 297 g/mol. The average Bonchev–Trinajstić information content (AvgIpc) is 2.41. The van der Waals surface area contributed by atoms with Crippen LogP contribution in [0.4, 0.5) is 5.69 Å². The molecule has 0 bridgehead atoms. The number of hydrogen-bond donors (Lipinski definition) is 1. The van der Waals surface area contributed by atoms with Gasteiger partial charge in [0.1, 0.15) is 5.75 Å². The SMILES string of the molecule is CC(CCN1CCN(C)CC1)Oc1ccc(Cl)cc1N. The van der Waals surface area contributed by atoms with Gasteiger partial charge in [-0.2, -0.15) is 0 Å². The van der Waals surface area contributed by atoms with E-state index in [-0.39, 0.29) is 6.10 Å². The van der Waals surface area contributed by atoms with Crippen molar-refractivity contribution >= 4 is 17.3 Å². The van der Waals surface area contributed by atoms with Crippen molar-refractivity contribution in [2.24, 2.45) is 0 Å². The number of hydrogen-bond acceptors (Lipinski definition) is 4. The van der Waals surface area contributed by atoms with E-state index in [0.717, 1.165) is 44.9 Å². The second-order valence-corrected chi connectivity index (χ2v) is 5.98. The summed E-state index contributed by atoms with van der Waals surface area (Å²) in [6.07, 6.45) is 1.16. The van der Waals surface area contributed by atoms with Gasteiger partial charge in [0.2, 0.25) is 0 Å². The minimum Gasteiger partial charge on any atom is -0.489 e. The van der Waals surface area contributed by atoms with Gasteiger partial charge in [-0.15, -0.1) is 0 Å². The van der Waals surface area contributed by atoms with Crippen LogP contribution in [0.3, 0.4) is 0 Å². The smallest absolute Gasteiger partial charge is 0.142 e. The van der Waals surface area contributed by atoms with Crippen LogP contribution in [-0.2, 0) is 0 Å². The third-order valence-corrected chi connectivity index (χ3v) is 3.98. The Labute approximate surface area is 126 Å². The Morgan fingerprint density at radius 3 is 2.65 bits per heavy atom. The Morgan fingerprint density at radius 2 is 2.00 bits per heavy atom. The zero-order valence-corrected chi connectivity index (χ0v) is 13.1. The van der Waals surface area contributed by atoms with Crippen molar-refractivity contribution in [3.63, 3.8) is 0 Å². The van der Waals surface area contributed by atoms with Crippen LogP contribution in [0.1, 0.15) is 13.3 Å². The maximum atomic E-state index is 5.90. The Hall–Kier alpha value is -0.970. The van der Waals surface area contributed by atoms with Gasteiger partial charge in [-0.05, 0) is 38.6 Å². The molecule has 1 heterocycles. The molecule has 1 aromatic rings. The third-order valence-electron chi connectivity index (χ3n) is 3.75. The van der Waals surface area contributed by atoms with Crippen LogP contribution in [-0.4, -0.2) is 55.7 Å². The molecule has 0 aromatic heterocycles. The van der Waals surface area contributed by atoms with Crippen molar-refractivity contribution in [3.05, 3.63) is 23.2 Å². The largest absolute Gasteiger partial charge is 0.489 e. The molecule has 1 atom stereocenters. The summed E-state index contributed by atoms with van der Waals surface area (Å²) in [7, 11) is 2.17. The molecule has 1 unspecified atom stereocenters. The zero-order chi connectivity index (χ0) is 14.5.